The molecule has 0 spiro atoms. The molecule has 0 saturated heterocycles. The zero-order valence-electron chi connectivity index (χ0n) is 19.3. The van der Waals surface area contributed by atoms with Gasteiger partial charge in [-0.1, -0.05) is 13.8 Å². The van der Waals surface area contributed by atoms with Crippen molar-refractivity contribution in [2.24, 2.45) is 0 Å². The molecule has 0 fully saturated rings. The van der Waals surface area contributed by atoms with E-state index >= 15 is 0 Å². The quantitative estimate of drug-likeness (QED) is 0.473. The first-order chi connectivity index (χ1) is 16.0. The number of likely N-dealkylation sites (N-methyl/N-ethyl adjacent to an activating group) is 1. The first kappa shape index (κ1) is 24.3. The van der Waals surface area contributed by atoms with Crippen LogP contribution in [0.1, 0.15) is 34.6 Å². The zero-order chi connectivity index (χ0) is 23.6. The lowest BCUT2D eigenvalue weighted by molar-refractivity contribution is 0.0940. The molecule has 2 N–H and O–H groups in total. The Morgan fingerprint density at radius 1 is 1.00 bits per heavy atom. The van der Waals surface area contributed by atoms with E-state index in [1.807, 2.05) is 0 Å². The number of fused-ring (bicyclic) bond motifs is 1. The second-order valence-electron chi connectivity index (χ2n) is 7.36. The summed E-state index contributed by atoms with van der Waals surface area (Å²) >= 11 is 0. The highest BCUT2D eigenvalue weighted by Gasteiger charge is 2.18. The fraction of sp³-hybridized carbons (Fsp3) is 0.417. The molecule has 1 heterocycles. The van der Waals surface area contributed by atoms with Crippen molar-refractivity contribution >= 4 is 17.5 Å². The molecule has 1 aliphatic heterocycles. The van der Waals surface area contributed by atoms with Crippen molar-refractivity contribution in [3.8, 4) is 17.2 Å². The number of nitrogens with one attached hydrogen (secondary N) is 2. The Morgan fingerprint density at radius 3 is 2.55 bits per heavy atom. The second kappa shape index (κ2) is 12.1. The van der Waals surface area contributed by atoms with Gasteiger partial charge in [-0.3, -0.25) is 9.59 Å². The van der Waals surface area contributed by atoms with Crippen LogP contribution in [0.25, 0.3) is 0 Å². The summed E-state index contributed by atoms with van der Waals surface area (Å²) in [6.07, 6.45) is 0. The Balaban J connectivity index is 1.70. The number of rotatable bonds is 12. The van der Waals surface area contributed by atoms with E-state index in [0.29, 0.717) is 47.2 Å². The molecule has 0 bridgehead atoms. The third-order valence-electron chi connectivity index (χ3n) is 5.27. The van der Waals surface area contributed by atoms with Gasteiger partial charge >= 0.3 is 0 Å². The van der Waals surface area contributed by atoms with Gasteiger partial charge in [0.05, 0.1) is 12.2 Å². The Labute approximate surface area is 193 Å². The lowest BCUT2D eigenvalue weighted by Crippen LogP contribution is -2.35. The van der Waals surface area contributed by atoms with E-state index in [9.17, 15) is 9.59 Å². The number of benzene rings is 2. The highest BCUT2D eigenvalue weighted by atomic mass is 16.7. The Kier molecular flexibility index (Phi) is 8.91. The van der Waals surface area contributed by atoms with E-state index in [2.05, 4.69) is 29.4 Å². The molecule has 1 aliphatic rings. The lowest BCUT2D eigenvalue weighted by Gasteiger charge is -2.18. The van der Waals surface area contributed by atoms with E-state index in [1.165, 1.54) is 0 Å². The number of carbonyl (C=O) groups is 2. The minimum atomic E-state index is -0.312. The molecule has 0 atom stereocenters. The van der Waals surface area contributed by atoms with Crippen LogP contribution in [-0.2, 0) is 4.74 Å². The van der Waals surface area contributed by atoms with Gasteiger partial charge in [0.2, 0.25) is 6.79 Å². The third-order valence-corrected chi connectivity index (χ3v) is 5.27. The summed E-state index contributed by atoms with van der Waals surface area (Å²) in [6, 6.07) is 9.95. The smallest absolute Gasteiger partial charge is 0.255 e. The van der Waals surface area contributed by atoms with Crippen molar-refractivity contribution in [3.63, 3.8) is 0 Å². The summed E-state index contributed by atoms with van der Waals surface area (Å²) in [4.78, 5) is 27.7. The minimum Gasteiger partial charge on any atom is -0.490 e. The largest absolute Gasteiger partial charge is 0.490 e. The van der Waals surface area contributed by atoms with Crippen molar-refractivity contribution in [3.05, 3.63) is 47.5 Å². The van der Waals surface area contributed by atoms with Gasteiger partial charge < -0.3 is 34.5 Å². The van der Waals surface area contributed by atoms with Gasteiger partial charge in [-0.2, -0.15) is 0 Å². The van der Waals surface area contributed by atoms with Crippen LogP contribution in [-0.4, -0.2) is 70.0 Å². The summed E-state index contributed by atoms with van der Waals surface area (Å²) in [5.74, 6) is 0.964. The summed E-state index contributed by atoms with van der Waals surface area (Å²) in [6.45, 7) is 8.11. The maximum absolute atomic E-state index is 12.8. The van der Waals surface area contributed by atoms with Gasteiger partial charge in [0, 0.05) is 37.5 Å². The van der Waals surface area contributed by atoms with Crippen LogP contribution in [0.5, 0.6) is 17.2 Å². The predicted octanol–water partition coefficient (Wildman–Crippen LogP) is 2.76. The standard InChI is InChI=1S/C24H31N3O6/c1-4-27(5-2)11-10-25-24(29)19-8-7-18(15-21(19)31-13-12-30-3)26-23(28)17-6-9-20-22(14-17)33-16-32-20/h6-9,14-15H,4-5,10-13,16H2,1-3H3,(H,25,29)(H,26,28). The van der Waals surface area contributed by atoms with Gasteiger partial charge in [0.25, 0.3) is 11.8 Å². The van der Waals surface area contributed by atoms with Gasteiger partial charge in [-0.15, -0.1) is 0 Å². The molecule has 0 radical (unpaired) electrons. The molecule has 2 aromatic rings. The fourth-order valence-electron chi connectivity index (χ4n) is 3.35. The molecule has 178 valence electrons. The maximum Gasteiger partial charge on any atom is 0.255 e. The molecule has 0 aliphatic carbocycles. The first-order valence-corrected chi connectivity index (χ1v) is 11.0. The molecular formula is C24H31N3O6. The van der Waals surface area contributed by atoms with E-state index in [0.717, 1.165) is 19.6 Å². The number of nitrogens with zero attached hydrogens (tertiary/aromatic N) is 1. The third kappa shape index (κ3) is 6.59. The number of anilines is 1. The molecule has 33 heavy (non-hydrogen) atoms. The second-order valence-corrected chi connectivity index (χ2v) is 7.36. The normalized spacial score (nSPS) is 12.0. The van der Waals surface area contributed by atoms with Crippen LogP contribution in [0.2, 0.25) is 0 Å². The van der Waals surface area contributed by atoms with Crippen molar-refractivity contribution in [1.29, 1.82) is 0 Å². The average Bonchev–Trinajstić information content (AvgIpc) is 3.30. The van der Waals surface area contributed by atoms with Gasteiger partial charge in [0.1, 0.15) is 12.4 Å². The maximum atomic E-state index is 12.8. The van der Waals surface area contributed by atoms with E-state index in [4.69, 9.17) is 18.9 Å². The van der Waals surface area contributed by atoms with Gasteiger partial charge in [-0.25, -0.2) is 0 Å². The van der Waals surface area contributed by atoms with Crippen LogP contribution >= 0.6 is 0 Å². The number of hydrogen-bond acceptors (Lipinski definition) is 7. The van der Waals surface area contributed by atoms with Crippen molar-refractivity contribution < 1.29 is 28.5 Å². The van der Waals surface area contributed by atoms with Crippen LogP contribution in [0, 0.1) is 0 Å². The summed E-state index contributed by atoms with van der Waals surface area (Å²) in [5.41, 5.74) is 1.33. The lowest BCUT2D eigenvalue weighted by atomic mass is 10.1. The Hall–Kier alpha value is -3.30. The Bertz CT molecular complexity index is 961. The molecule has 9 heteroatoms. The number of amides is 2. The number of hydrogen-bond donors (Lipinski definition) is 2. The van der Waals surface area contributed by atoms with E-state index in [-0.39, 0.29) is 25.2 Å². The summed E-state index contributed by atoms with van der Waals surface area (Å²) in [7, 11) is 1.58. The molecule has 3 rings (SSSR count). The predicted molar refractivity (Wildman–Crippen MR) is 124 cm³/mol. The van der Waals surface area contributed by atoms with Crippen LogP contribution < -0.4 is 24.8 Å². The average molecular weight is 458 g/mol. The van der Waals surface area contributed by atoms with E-state index < -0.39 is 0 Å². The first-order valence-electron chi connectivity index (χ1n) is 11.0. The monoisotopic (exact) mass is 457 g/mol. The number of carbonyl (C=O) groups excluding carboxylic acids is 2. The zero-order valence-corrected chi connectivity index (χ0v) is 19.3. The van der Waals surface area contributed by atoms with Gasteiger partial charge in [-0.05, 0) is 43.4 Å². The van der Waals surface area contributed by atoms with Crippen LogP contribution in [0.4, 0.5) is 5.69 Å². The SMILES string of the molecule is CCN(CC)CCNC(=O)c1ccc(NC(=O)c2ccc3c(c2)OCO3)cc1OCCOC. The molecule has 2 aromatic carbocycles. The summed E-state index contributed by atoms with van der Waals surface area (Å²) in [5, 5.41) is 5.77. The molecule has 0 aromatic heterocycles. The van der Waals surface area contributed by atoms with Gasteiger partial charge in [0.15, 0.2) is 11.5 Å². The highest BCUT2D eigenvalue weighted by Crippen LogP contribution is 2.33. The molecule has 9 nitrogen and oxygen atoms in total. The molecular weight excluding hydrogens is 426 g/mol. The molecule has 2 amide bonds. The number of methoxy groups -OCH3 is 1. The highest BCUT2D eigenvalue weighted by molar-refractivity contribution is 6.05. The number of ether oxygens (including phenoxy) is 4. The molecule has 0 saturated carbocycles. The van der Waals surface area contributed by atoms with Crippen molar-refractivity contribution in [2.75, 3.05) is 58.6 Å². The van der Waals surface area contributed by atoms with E-state index in [1.54, 1.807) is 43.5 Å². The van der Waals surface area contributed by atoms with Crippen LogP contribution in [0.3, 0.4) is 0 Å². The topological polar surface area (TPSA) is 98.4 Å². The summed E-state index contributed by atoms with van der Waals surface area (Å²) < 4.78 is 21.4. The molecule has 0 unspecified atom stereocenters. The fourth-order valence-corrected chi connectivity index (χ4v) is 3.35. The van der Waals surface area contributed by atoms with Crippen LogP contribution in [0.15, 0.2) is 36.4 Å². The minimum absolute atomic E-state index is 0.140. The Morgan fingerprint density at radius 2 is 1.79 bits per heavy atom. The van der Waals surface area contributed by atoms with Crippen molar-refractivity contribution in [2.45, 2.75) is 13.8 Å². The van der Waals surface area contributed by atoms with Crippen molar-refractivity contribution in [1.82, 2.24) is 10.2 Å².